The Kier molecular flexibility index (Phi) is 6.88. The minimum absolute atomic E-state index is 0.274. The number of nitrogens with one attached hydrogen (secondary N) is 2. The highest BCUT2D eigenvalue weighted by atomic mass is 32.2. The SMILES string of the molecule is CS(=O)n1ccc(C(=O)NCC(=O)Nc2nc(-c3cccc(-c4cnn(C(F)F)n4)c3)cs2)c1. The molecule has 0 radical (unpaired) electrons. The molecule has 3 heterocycles. The van der Waals surface area contributed by atoms with Crippen LogP contribution >= 0.6 is 11.3 Å². The quantitative estimate of drug-likeness (QED) is 0.380. The van der Waals surface area contributed by atoms with Crippen molar-refractivity contribution in [1.82, 2.24) is 29.3 Å². The molecular formula is C20H17F2N7O3S2. The summed E-state index contributed by atoms with van der Waals surface area (Å²) in [6, 6.07) is 8.48. The van der Waals surface area contributed by atoms with Crippen molar-refractivity contribution in [3.05, 3.63) is 59.9 Å². The summed E-state index contributed by atoms with van der Waals surface area (Å²) in [5.41, 5.74) is 2.44. The van der Waals surface area contributed by atoms with E-state index in [1.807, 2.05) is 0 Å². The van der Waals surface area contributed by atoms with Crippen molar-refractivity contribution in [2.24, 2.45) is 0 Å². The minimum Gasteiger partial charge on any atom is -0.343 e. The van der Waals surface area contributed by atoms with E-state index >= 15 is 0 Å². The molecule has 14 heteroatoms. The van der Waals surface area contributed by atoms with Crippen molar-refractivity contribution >= 4 is 39.3 Å². The number of hydrogen-bond acceptors (Lipinski definition) is 7. The fourth-order valence-corrected chi connectivity index (χ4v) is 4.13. The zero-order valence-electron chi connectivity index (χ0n) is 17.5. The standard InChI is InChI=1S/C20H17F2N7O3S2/c1-34(32)28-6-5-14(10-28)18(31)23-9-17(30)26-20-25-16(11-33-20)13-4-2-3-12(7-13)15-8-24-29(27-15)19(21)22/h2-8,10-11,19H,9H2,1H3,(H,23,31)(H,25,26,30). The fourth-order valence-electron chi connectivity index (χ4n) is 2.90. The Bertz CT molecular complexity index is 1370. The summed E-state index contributed by atoms with van der Waals surface area (Å²) < 4.78 is 38.2. The highest BCUT2D eigenvalue weighted by Gasteiger charge is 2.14. The van der Waals surface area contributed by atoms with Gasteiger partial charge in [-0.1, -0.05) is 18.2 Å². The molecule has 1 unspecified atom stereocenters. The van der Waals surface area contributed by atoms with Gasteiger partial charge in [0.15, 0.2) is 5.13 Å². The van der Waals surface area contributed by atoms with Gasteiger partial charge in [0, 0.05) is 35.2 Å². The molecule has 34 heavy (non-hydrogen) atoms. The number of hydrogen-bond donors (Lipinski definition) is 2. The third kappa shape index (κ3) is 5.40. The lowest BCUT2D eigenvalue weighted by Gasteiger charge is -2.04. The molecule has 0 saturated heterocycles. The van der Waals surface area contributed by atoms with Crippen molar-refractivity contribution in [2.45, 2.75) is 6.55 Å². The number of alkyl halides is 2. The first-order valence-corrected chi connectivity index (χ1v) is 12.1. The first-order valence-electron chi connectivity index (χ1n) is 9.66. The number of carbonyl (C=O) groups excluding carboxylic acids is 2. The molecule has 0 aliphatic carbocycles. The van der Waals surface area contributed by atoms with Crippen LogP contribution in [0.15, 0.2) is 54.3 Å². The van der Waals surface area contributed by atoms with Crippen LogP contribution in [0.4, 0.5) is 13.9 Å². The number of halogens is 2. The van der Waals surface area contributed by atoms with Crippen LogP contribution in [-0.2, 0) is 15.8 Å². The van der Waals surface area contributed by atoms with Crippen molar-refractivity contribution < 1.29 is 22.6 Å². The highest BCUT2D eigenvalue weighted by Crippen LogP contribution is 2.28. The number of anilines is 1. The zero-order valence-corrected chi connectivity index (χ0v) is 19.1. The van der Waals surface area contributed by atoms with Crippen molar-refractivity contribution in [3.63, 3.8) is 0 Å². The predicted octanol–water partition coefficient (Wildman–Crippen LogP) is 2.78. The van der Waals surface area contributed by atoms with Crippen LogP contribution in [0.2, 0.25) is 0 Å². The van der Waals surface area contributed by atoms with E-state index in [4.69, 9.17) is 0 Å². The number of carbonyl (C=O) groups is 2. The maximum atomic E-state index is 12.7. The predicted molar refractivity (Wildman–Crippen MR) is 123 cm³/mol. The molecule has 1 aromatic carbocycles. The highest BCUT2D eigenvalue weighted by molar-refractivity contribution is 7.82. The molecule has 0 aliphatic rings. The Morgan fingerprint density at radius 3 is 2.65 bits per heavy atom. The first kappa shape index (κ1) is 23.4. The van der Waals surface area contributed by atoms with Gasteiger partial charge in [0.05, 0.1) is 24.0 Å². The van der Waals surface area contributed by atoms with Crippen molar-refractivity contribution in [2.75, 3.05) is 18.1 Å². The van der Waals surface area contributed by atoms with Crippen LogP contribution in [0.25, 0.3) is 22.5 Å². The third-order valence-electron chi connectivity index (χ3n) is 4.52. The number of thiazole rings is 1. The summed E-state index contributed by atoms with van der Waals surface area (Å²) in [6.07, 6.45) is 5.67. The number of benzene rings is 1. The van der Waals surface area contributed by atoms with Gasteiger partial charge >= 0.3 is 6.55 Å². The van der Waals surface area contributed by atoms with E-state index in [1.165, 1.54) is 46.2 Å². The molecular weight excluding hydrogens is 488 g/mol. The molecule has 2 N–H and O–H groups in total. The average molecular weight is 506 g/mol. The molecule has 3 aromatic heterocycles. The van der Waals surface area contributed by atoms with Crippen LogP contribution in [0.1, 0.15) is 16.9 Å². The fraction of sp³-hybridized carbons (Fsp3) is 0.150. The summed E-state index contributed by atoms with van der Waals surface area (Å²) >= 11 is 1.20. The van der Waals surface area contributed by atoms with Gasteiger partial charge in [-0.15, -0.1) is 21.2 Å². The van der Waals surface area contributed by atoms with E-state index in [2.05, 4.69) is 25.8 Å². The average Bonchev–Trinajstić information content (AvgIpc) is 3.58. The topological polar surface area (TPSA) is 124 Å². The van der Waals surface area contributed by atoms with Crippen molar-refractivity contribution in [1.29, 1.82) is 0 Å². The zero-order chi connectivity index (χ0) is 24.2. The molecule has 4 aromatic rings. The van der Waals surface area contributed by atoms with Gasteiger partial charge in [0.1, 0.15) is 16.7 Å². The maximum Gasteiger partial charge on any atom is 0.348 e. The van der Waals surface area contributed by atoms with Crippen LogP contribution in [0.5, 0.6) is 0 Å². The molecule has 0 saturated carbocycles. The second-order valence-electron chi connectivity index (χ2n) is 6.86. The van der Waals surface area contributed by atoms with Gasteiger partial charge in [0.25, 0.3) is 5.91 Å². The number of aromatic nitrogens is 5. The molecule has 0 bridgehead atoms. The van der Waals surface area contributed by atoms with Crippen molar-refractivity contribution in [3.8, 4) is 22.5 Å². The van der Waals surface area contributed by atoms with E-state index in [0.717, 1.165) is 0 Å². The lowest BCUT2D eigenvalue weighted by molar-refractivity contribution is -0.115. The monoisotopic (exact) mass is 505 g/mol. The van der Waals surface area contributed by atoms with Gasteiger partial charge in [-0.2, -0.15) is 13.9 Å². The van der Waals surface area contributed by atoms with Gasteiger partial charge in [-0.3, -0.25) is 13.6 Å². The summed E-state index contributed by atoms with van der Waals surface area (Å²) in [4.78, 5) is 29.1. The lowest BCUT2D eigenvalue weighted by Crippen LogP contribution is -2.32. The summed E-state index contributed by atoms with van der Waals surface area (Å²) in [5.74, 6) is -0.940. The van der Waals surface area contributed by atoms with E-state index in [9.17, 15) is 22.6 Å². The molecule has 0 spiro atoms. The molecule has 176 valence electrons. The Morgan fingerprint density at radius 1 is 1.21 bits per heavy atom. The Labute approximate surface area is 198 Å². The van der Waals surface area contributed by atoms with Gasteiger partial charge in [-0.25, -0.2) is 9.19 Å². The Hall–Kier alpha value is -3.78. The van der Waals surface area contributed by atoms with Crippen LogP contribution in [-0.4, -0.2) is 52.8 Å². The lowest BCUT2D eigenvalue weighted by atomic mass is 10.1. The summed E-state index contributed by atoms with van der Waals surface area (Å²) in [7, 11) is -1.28. The van der Waals surface area contributed by atoms with Crippen LogP contribution in [0, 0.1) is 0 Å². The van der Waals surface area contributed by atoms with E-state index in [1.54, 1.807) is 29.6 Å². The van der Waals surface area contributed by atoms with Gasteiger partial charge < -0.3 is 10.6 Å². The molecule has 0 fully saturated rings. The molecule has 10 nitrogen and oxygen atoms in total. The van der Waals surface area contributed by atoms with E-state index in [-0.39, 0.29) is 12.1 Å². The first-order chi connectivity index (χ1) is 16.3. The summed E-state index contributed by atoms with van der Waals surface area (Å²) in [5, 5.41) is 14.5. The number of amides is 2. The molecule has 1 atom stereocenters. The maximum absolute atomic E-state index is 12.7. The third-order valence-corrected chi connectivity index (χ3v) is 6.10. The van der Waals surface area contributed by atoms with Crippen LogP contribution < -0.4 is 10.6 Å². The smallest absolute Gasteiger partial charge is 0.343 e. The van der Waals surface area contributed by atoms with Crippen LogP contribution in [0.3, 0.4) is 0 Å². The number of rotatable bonds is 8. The Morgan fingerprint density at radius 2 is 1.97 bits per heavy atom. The normalized spacial score (nSPS) is 12.0. The molecule has 4 rings (SSSR count). The second kappa shape index (κ2) is 10.0. The second-order valence-corrected chi connectivity index (χ2v) is 8.99. The van der Waals surface area contributed by atoms with Gasteiger partial charge in [-0.05, 0) is 12.1 Å². The number of nitrogens with zero attached hydrogens (tertiary/aromatic N) is 5. The summed E-state index contributed by atoms with van der Waals surface area (Å²) in [6.45, 7) is -3.10. The Balaban J connectivity index is 1.37. The molecule has 2 amide bonds. The largest absolute Gasteiger partial charge is 0.348 e. The minimum atomic E-state index is -2.82. The molecule has 0 aliphatic heterocycles. The van der Waals surface area contributed by atoms with E-state index in [0.29, 0.717) is 32.4 Å². The van der Waals surface area contributed by atoms with Gasteiger partial charge in [0.2, 0.25) is 5.91 Å². The van der Waals surface area contributed by atoms with E-state index < -0.39 is 29.3 Å².